The summed E-state index contributed by atoms with van der Waals surface area (Å²) in [5.41, 5.74) is 0.892. The van der Waals surface area contributed by atoms with Crippen molar-refractivity contribution < 1.29 is 33.9 Å². The summed E-state index contributed by atoms with van der Waals surface area (Å²) in [5, 5.41) is 26.4. The lowest BCUT2D eigenvalue weighted by Crippen LogP contribution is -2.58. The van der Waals surface area contributed by atoms with Gasteiger partial charge in [0, 0.05) is 44.4 Å². The van der Waals surface area contributed by atoms with Gasteiger partial charge in [-0.25, -0.2) is 0 Å². The van der Waals surface area contributed by atoms with Gasteiger partial charge in [0.1, 0.15) is 18.1 Å². The number of rotatable bonds is 24. The molecule has 0 aliphatic rings. The van der Waals surface area contributed by atoms with Gasteiger partial charge in [0.2, 0.25) is 29.5 Å². The van der Waals surface area contributed by atoms with E-state index in [1.807, 2.05) is 48.5 Å². The first kappa shape index (κ1) is 44.0. The zero-order valence-electron chi connectivity index (χ0n) is 31.1. The maximum Gasteiger partial charge on any atom is 0.303 e. The number of nitrogens with one attached hydrogen (secondary N) is 6. The molecule has 0 saturated carbocycles. The second kappa shape index (κ2) is 23.4. The van der Waals surface area contributed by atoms with E-state index in [1.165, 1.54) is 0 Å². The molecular weight excluding hydrogens is 642 g/mol. The molecule has 6 atom stereocenters. The van der Waals surface area contributed by atoms with Crippen LogP contribution < -0.4 is 31.9 Å². The lowest BCUT2D eigenvalue weighted by atomic mass is 9.97. The van der Waals surface area contributed by atoms with E-state index in [0.29, 0.717) is 32.2 Å². The summed E-state index contributed by atoms with van der Waals surface area (Å²) in [6, 6.07) is 0.0967. The highest BCUT2D eigenvalue weighted by Gasteiger charge is 2.31. The highest BCUT2D eigenvalue weighted by atomic mass is 16.4. The van der Waals surface area contributed by atoms with Crippen molar-refractivity contribution >= 4 is 35.5 Å². The molecule has 50 heavy (non-hydrogen) atoms. The first-order valence-corrected chi connectivity index (χ1v) is 17.9. The molecule has 0 spiro atoms. The average molecular weight is 704 g/mol. The van der Waals surface area contributed by atoms with Crippen LogP contribution >= 0.6 is 0 Å². The van der Waals surface area contributed by atoms with Gasteiger partial charge in [-0.3, -0.25) is 33.8 Å². The summed E-state index contributed by atoms with van der Waals surface area (Å²) in [4.78, 5) is 80.4. The second-order valence-corrected chi connectivity index (χ2v) is 13.8. The van der Waals surface area contributed by atoms with Crippen LogP contribution in [0.2, 0.25) is 0 Å². The van der Waals surface area contributed by atoms with Crippen molar-refractivity contribution in [1.29, 1.82) is 0 Å². The Morgan fingerprint density at radius 2 is 1.44 bits per heavy atom. The van der Waals surface area contributed by atoms with Crippen molar-refractivity contribution in [2.45, 2.75) is 137 Å². The van der Waals surface area contributed by atoms with E-state index in [2.05, 4.69) is 36.9 Å². The van der Waals surface area contributed by atoms with E-state index in [1.54, 1.807) is 31.5 Å². The van der Waals surface area contributed by atoms with Crippen LogP contribution in [0.5, 0.6) is 0 Å². The highest BCUT2D eigenvalue weighted by molar-refractivity contribution is 5.92. The summed E-state index contributed by atoms with van der Waals surface area (Å²) >= 11 is 0. The molecule has 282 valence electrons. The summed E-state index contributed by atoms with van der Waals surface area (Å²) < 4.78 is 0. The van der Waals surface area contributed by atoms with Crippen LogP contribution in [0.1, 0.15) is 106 Å². The smallest absolute Gasteiger partial charge is 0.303 e. The number of carboxylic acid groups (broad SMARTS) is 1. The largest absolute Gasteiger partial charge is 0.481 e. The number of nitrogens with zero attached hydrogens (tertiary/aromatic N) is 1. The fourth-order valence-corrected chi connectivity index (χ4v) is 5.26. The van der Waals surface area contributed by atoms with Crippen molar-refractivity contribution in [2.75, 3.05) is 6.54 Å². The van der Waals surface area contributed by atoms with Crippen LogP contribution in [0.15, 0.2) is 24.5 Å². The maximum absolute atomic E-state index is 13.6. The van der Waals surface area contributed by atoms with E-state index < -0.39 is 42.0 Å². The number of carboxylic acids is 1. The summed E-state index contributed by atoms with van der Waals surface area (Å²) in [6.45, 7) is 15.7. The van der Waals surface area contributed by atoms with Gasteiger partial charge in [-0.1, -0.05) is 61.3 Å². The third-order valence-electron chi connectivity index (χ3n) is 8.45. The molecule has 0 aliphatic heterocycles. The minimum Gasteiger partial charge on any atom is -0.481 e. The van der Waals surface area contributed by atoms with E-state index in [0.717, 1.165) is 5.56 Å². The average Bonchev–Trinajstić information content (AvgIpc) is 3.06. The van der Waals surface area contributed by atoms with Crippen LogP contribution in [-0.2, 0) is 35.3 Å². The Morgan fingerprint density at radius 1 is 0.780 bits per heavy atom. The summed E-state index contributed by atoms with van der Waals surface area (Å²) in [7, 11) is 0. The van der Waals surface area contributed by atoms with Gasteiger partial charge in [-0.15, -0.1) is 0 Å². The molecule has 5 amide bonds. The van der Waals surface area contributed by atoms with Crippen LogP contribution in [0.4, 0.5) is 0 Å². The van der Waals surface area contributed by atoms with Crippen molar-refractivity contribution in [2.24, 2.45) is 17.8 Å². The normalized spacial score (nSPS) is 14.8. The number of aromatic nitrogens is 1. The number of hydrogen-bond acceptors (Lipinski definition) is 8. The number of hydrogen-bond donors (Lipinski definition) is 7. The molecule has 0 aliphatic carbocycles. The fraction of sp³-hybridized carbons (Fsp3) is 0.694. The molecule has 1 rings (SSSR count). The zero-order valence-corrected chi connectivity index (χ0v) is 31.1. The Hall–Kier alpha value is -4.07. The molecule has 14 heteroatoms. The van der Waals surface area contributed by atoms with Crippen LogP contribution in [-0.4, -0.2) is 82.3 Å². The van der Waals surface area contributed by atoms with E-state index in [9.17, 15) is 28.8 Å². The predicted molar refractivity (Wildman–Crippen MR) is 191 cm³/mol. The van der Waals surface area contributed by atoms with Crippen molar-refractivity contribution in [1.82, 2.24) is 36.9 Å². The molecular formula is C36H61N7O7. The Labute approximate surface area is 297 Å². The maximum atomic E-state index is 13.6. The molecule has 0 fully saturated rings. The van der Waals surface area contributed by atoms with Crippen molar-refractivity contribution in [3.8, 4) is 0 Å². The first-order valence-electron chi connectivity index (χ1n) is 17.9. The van der Waals surface area contributed by atoms with Gasteiger partial charge in [0.05, 0.1) is 6.04 Å². The van der Waals surface area contributed by atoms with Crippen LogP contribution in [0.25, 0.3) is 0 Å². The molecule has 0 saturated heterocycles. The lowest BCUT2D eigenvalue weighted by molar-refractivity contribution is -0.137. The molecule has 14 nitrogen and oxygen atoms in total. The SMILES string of the molecule is CCC[C@H](NC(=O)[C@@H](NC(=O)CCCC(=O)O)[C@@H](C)CC)C(=O)N[C@H](CN[C@@H](C)C(=O)NC(C(=O)NCc1ccncc1)C(C)C)CC(C)C. The predicted octanol–water partition coefficient (Wildman–Crippen LogP) is 2.42. The molecule has 7 N–H and O–H groups in total. The van der Waals surface area contributed by atoms with Gasteiger partial charge in [-0.05, 0) is 61.6 Å². The quantitative estimate of drug-likeness (QED) is 0.0843. The number of pyridine rings is 1. The van der Waals surface area contributed by atoms with Crippen molar-refractivity contribution in [3.63, 3.8) is 0 Å². The number of carbonyl (C=O) groups excluding carboxylic acids is 5. The molecule has 1 heterocycles. The molecule has 0 bridgehead atoms. The Bertz CT molecular complexity index is 1230. The number of carbonyl (C=O) groups is 6. The Kier molecular flexibility index (Phi) is 20.5. The van der Waals surface area contributed by atoms with Gasteiger partial charge < -0.3 is 37.0 Å². The Balaban J connectivity index is 2.88. The number of amides is 5. The van der Waals surface area contributed by atoms with Crippen LogP contribution in [0.3, 0.4) is 0 Å². The van der Waals surface area contributed by atoms with Gasteiger partial charge >= 0.3 is 5.97 Å². The molecule has 0 aromatic carbocycles. The third-order valence-corrected chi connectivity index (χ3v) is 8.45. The molecule has 1 unspecified atom stereocenters. The molecule has 1 aromatic heterocycles. The van der Waals surface area contributed by atoms with Gasteiger partial charge in [0.15, 0.2) is 0 Å². The second-order valence-electron chi connectivity index (χ2n) is 13.8. The van der Waals surface area contributed by atoms with E-state index in [4.69, 9.17) is 5.11 Å². The minimum absolute atomic E-state index is 0.0244. The Morgan fingerprint density at radius 3 is 2.00 bits per heavy atom. The highest BCUT2D eigenvalue weighted by Crippen LogP contribution is 2.12. The zero-order chi connectivity index (χ0) is 37.8. The van der Waals surface area contributed by atoms with Gasteiger partial charge in [0.25, 0.3) is 0 Å². The first-order chi connectivity index (χ1) is 23.6. The lowest BCUT2D eigenvalue weighted by Gasteiger charge is -2.29. The minimum atomic E-state index is -0.997. The summed E-state index contributed by atoms with van der Waals surface area (Å²) in [6.07, 6.45) is 5.47. The van der Waals surface area contributed by atoms with E-state index in [-0.39, 0.29) is 67.3 Å². The molecule has 1 aromatic rings. The van der Waals surface area contributed by atoms with E-state index >= 15 is 0 Å². The van der Waals surface area contributed by atoms with Crippen LogP contribution in [0, 0.1) is 17.8 Å². The number of aliphatic carboxylic acids is 1. The van der Waals surface area contributed by atoms with Gasteiger partial charge in [-0.2, -0.15) is 0 Å². The fourth-order valence-electron chi connectivity index (χ4n) is 5.26. The van der Waals surface area contributed by atoms with Crippen molar-refractivity contribution in [3.05, 3.63) is 30.1 Å². The molecule has 0 radical (unpaired) electrons. The summed E-state index contributed by atoms with van der Waals surface area (Å²) in [5.74, 6) is -3.08. The standard InChI is InChI=1S/C36H61N7O7/c1-9-12-28(41-36(50)32(24(7)10-2)42-29(44)13-11-14-30(45)46)34(48)40-27(19-22(3)4)21-38-25(8)33(47)43-31(23(5)6)35(49)39-20-26-15-17-37-18-16-26/h15-18,22-25,27-28,31-32,38H,9-14,19-21H2,1-8H3,(H,39,49)(H,40,48)(H,41,50)(H,42,44)(H,43,47)(H,45,46)/t24-,25-,27-,28-,31?,32-/m0/s1. The topological polar surface area (TPSA) is 208 Å². The third kappa shape index (κ3) is 17.0. The monoisotopic (exact) mass is 703 g/mol.